The van der Waals surface area contributed by atoms with Crippen molar-refractivity contribution in [2.24, 2.45) is 22.7 Å². The number of nitrogens with zero attached hydrogens (tertiary/aromatic N) is 7. The molecule has 44 heavy (non-hydrogen) atoms. The van der Waals surface area contributed by atoms with E-state index in [4.69, 9.17) is 4.98 Å². The molecule has 0 radical (unpaired) electrons. The standard InChI is InChI=1S/C31H37F2N9O2/c1-2-3-25(43)38-26(19-4-5-19)21-10-24-37-22(13-41(24)36-11-21)27(20-6-8-31(32,33)9-7-20)39-28(44)23-12-35-40-42(23)18-30-14-29(15-30,16-30)17-34/h10-13,19-20,26-27H,2-9,14-16,18H2,1H3,(H,38,43)(H,39,44)/t26-,27+,29?,30?/m1/s1. The third kappa shape index (κ3) is 5.32. The molecular weight excluding hydrogens is 568 g/mol. The van der Waals surface area contributed by atoms with Crippen LogP contribution in [0.3, 0.4) is 0 Å². The molecule has 2 atom stereocenters. The van der Waals surface area contributed by atoms with Crippen molar-refractivity contribution in [3.05, 3.63) is 41.6 Å². The molecule has 2 amide bonds. The molecule has 5 aliphatic rings. The van der Waals surface area contributed by atoms with Gasteiger partial charge in [0.15, 0.2) is 5.65 Å². The lowest BCUT2D eigenvalue weighted by Crippen LogP contribution is -2.62. The van der Waals surface area contributed by atoms with Gasteiger partial charge in [0.1, 0.15) is 5.69 Å². The van der Waals surface area contributed by atoms with E-state index in [9.17, 15) is 23.6 Å². The Kier molecular flexibility index (Phi) is 6.93. The minimum absolute atomic E-state index is 0.0116. The Labute approximate surface area is 253 Å². The van der Waals surface area contributed by atoms with Crippen LogP contribution in [0.5, 0.6) is 0 Å². The maximum absolute atomic E-state index is 14.1. The molecule has 232 valence electrons. The van der Waals surface area contributed by atoms with Gasteiger partial charge in [-0.05, 0) is 80.2 Å². The van der Waals surface area contributed by atoms with Gasteiger partial charge < -0.3 is 10.6 Å². The van der Waals surface area contributed by atoms with Crippen LogP contribution in [-0.4, -0.2) is 47.3 Å². The lowest BCUT2D eigenvalue weighted by Gasteiger charge is -2.67. The smallest absolute Gasteiger partial charge is 0.271 e. The first-order chi connectivity index (χ1) is 21.1. The van der Waals surface area contributed by atoms with Gasteiger partial charge in [0.2, 0.25) is 11.8 Å². The van der Waals surface area contributed by atoms with Crippen LogP contribution >= 0.6 is 0 Å². The van der Waals surface area contributed by atoms with Crippen LogP contribution in [0.15, 0.2) is 24.7 Å². The summed E-state index contributed by atoms with van der Waals surface area (Å²) in [7, 11) is 0. The maximum atomic E-state index is 14.1. The van der Waals surface area contributed by atoms with Crippen LogP contribution in [-0.2, 0) is 11.3 Å². The number of aromatic nitrogens is 6. The topological polar surface area (TPSA) is 143 Å². The summed E-state index contributed by atoms with van der Waals surface area (Å²) in [4.78, 5) is 31.0. The first kappa shape index (κ1) is 28.8. The van der Waals surface area contributed by atoms with Crippen molar-refractivity contribution in [1.82, 2.24) is 40.2 Å². The monoisotopic (exact) mass is 605 g/mol. The molecule has 13 heteroatoms. The first-order valence-electron chi connectivity index (χ1n) is 15.7. The Balaban J connectivity index is 1.14. The van der Waals surface area contributed by atoms with E-state index in [-0.39, 0.29) is 54.4 Å². The van der Waals surface area contributed by atoms with E-state index in [0.717, 1.165) is 44.1 Å². The number of nitriles is 1. The number of amides is 2. The summed E-state index contributed by atoms with van der Waals surface area (Å²) in [5, 5.41) is 28.4. The van der Waals surface area contributed by atoms with E-state index in [0.29, 0.717) is 35.9 Å². The average molecular weight is 606 g/mol. The van der Waals surface area contributed by atoms with Gasteiger partial charge in [0.25, 0.3) is 5.91 Å². The van der Waals surface area contributed by atoms with E-state index in [1.165, 1.54) is 6.20 Å². The van der Waals surface area contributed by atoms with Gasteiger partial charge in [-0.3, -0.25) is 9.59 Å². The van der Waals surface area contributed by atoms with Crippen molar-refractivity contribution in [3.63, 3.8) is 0 Å². The number of hydrogen-bond acceptors (Lipinski definition) is 7. The average Bonchev–Trinajstić information content (AvgIpc) is 3.53. The van der Waals surface area contributed by atoms with Crippen molar-refractivity contribution < 1.29 is 18.4 Å². The van der Waals surface area contributed by atoms with E-state index in [1.54, 1.807) is 21.6 Å². The Morgan fingerprint density at radius 1 is 1.09 bits per heavy atom. The molecule has 0 aromatic carbocycles. The van der Waals surface area contributed by atoms with Crippen molar-refractivity contribution in [2.45, 2.75) is 102 Å². The normalized spacial score (nSPS) is 27.0. The largest absolute Gasteiger partial charge is 0.349 e. The van der Waals surface area contributed by atoms with Gasteiger partial charge in [0.05, 0.1) is 47.9 Å². The fourth-order valence-electron chi connectivity index (χ4n) is 7.80. The zero-order valence-corrected chi connectivity index (χ0v) is 24.8. The predicted molar refractivity (Wildman–Crippen MR) is 153 cm³/mol. The number of rotatable bonds is 11. The number of nitrogens with one attached hydrogen (secondary N) is 2. The molecule has 3 aromatic heterocycles. The molecule has 5 saturated carbocycles. The number of hydrogen-bond donors (Lipinski definition) is 2. The van der Waals surface area contributed by atoms with E-state index in [1.807, 2.05) is 13.0 Å². The van der Waals surface area contributed by atoms with Gasteiger partial charge in [-0.1, -0.05) is 12.1 Å². The molecule has 2 bridgehead atoms. The second-order valence-corrected chi connectivity index (χ2v) is 13.7. The summed E-state index contributed by atoms with van der Waals surface area (Å²) in [6.07, 6.45) is 10.6. The van der Waals surface area contributed by atoms with Crippen molar-refractivity contribution in [3.8, 4) is 6.07 Å². The number of fused-ring (bicyclic) bond motifs is 1. The van der Waals surface area contributed by atoms with Crippen LogP contribution in [0.25, 0.3) is 5.65 Å². The van der Waals surface area contributed by atoms with Crippen LogP contribution in [0.1, 0.15) is 111 Å². The SMILES string of the molecule is CCCC(=O)N[C@@H](c1cnn2cc([C@@H](NC(=O)c3cnnn3CC34CC(C#N)(C3)C4)C3CCC(F)(F)CC3)nc2c1)C1CC1. The molecule has 3 heterocycles. The lowest BCUT2D eigenvalue weighted by atomic mass is 9.36. The summed E-state index contributed by atoms with van der Waals surface area (Å²) in [5.41, 5.74) is 2.05. The fraction of sp³-hybridized carbons (Fsp3) is 0.645. The summed E-state index contributed by atoms with van der Waals surface area (Å²) >= 11 is 0. The highest BCUT2D eigenvalue weighted by Crippen LogP contribution is 2.73. The Bertz CT molecular complexity index is 1610. The van der Waals surface area contributed by atoms with Crippen LogP contribution in [0, 0.1) is 34.0 Å². The molecule has 3 aromatic rings. The van der Waals surface area contributed by atoms with Crippen LogP contribution < -0.4 is 10.6 Å². The zero-order valence-electron chi connectivity index (χ0n) is 24.8. The van der Waals surface area contributed by atoms with Gasteiger partial charge in [-0.15, -0.1) is 5.10 Å². The summed E-state index contributed by atoms with van der Waals surface area (Å²) in [5.74, 6) is -2.98. The number of alkyl halides is 2. The second kappa shape index (κ2) is 10.6. The number of carbonyl (C=O) groups excluding carboxylic acids is 2. The Hall–Kier alpha value is -3.95. The highest BCUT2D eigenvalue weighted by atomic mass is 19.3. The number of halogens is 2. The molecule has 5 aliphatic carbocycles. The van der Waals surface area contributed by atoms with E-state index in [2.05, 4.69) is 32.1 Å². The van der Waals surface area contributed by atoms with E-state index < -0.39 is 17.9 Å². The first-order valence-corrected chi connectivity index (χ1v) is 15.7. The molecule has 8 rings (SSSR count). The molecule has 5 fully saturated rings. The Morgan fingerprint density at radius 3 is 2.50 bits per heavy atom. The number of carbonyl (C=O) groups is 2. The highest BCUT2D eigenvalue weighted by Gasteiger charge is 2.68. The van der Waals surface area contributed by atoms with Gasteiger partial charge in [-0.25, -0.2) is 23.0 Å². The molecule has 0 spiro atoms. The minimum Gasteiger partial charge on any atom is -0.349 e. The maximum Gasteiger partial charge on any atom is 0.271 e. The second-order valence-electron chi connectivity index (χ2n) is 13.7. The third-order valence-electron chi connectivity index (χ3n) is 10.2. The molecule has 11 nitrogen and oxygen atoms in total. The van der Waals surface area contributed by atoms with Crippen molar-refractivity contribution in [2.75, 3.05) is 0 Å². The Morgan fingerprint density at radius 2 is 1.82 bits per heavy atom. The fourth-order valence-corrected chi connectivity index (χ4v) is 7.80. The van der Waals surface area contributed by atoms with Crippen molar-refractivity contribution in [1.29, 1.82) is 5.26 Å². The zero-order chi connectivity index (χ0) is 30.7. The highest BCUT2D eigenvalue weighted by molar-refractivity contribution is 5.92. The van der Waals surface area contributed by atoms with Crippen molar-refractivity contribution >= 4 is 17.5 Å². The van der Waals surface area contributed by atoms with Gasteiger partial charge >= 0.3 is 0 Å². The summed E-state index contributed by atoms with van der Waals surface area (Å²) < 4.78 is 31.5. The van der Waals surface area contributed by atoms with Gasteiger partial charge in [-0.2, -0.15) is 10.4 Å². The molecule has 0 saturated heterocycles. The molecule has 0 unspecified atom stereocenters. The molecular formula is C31H37F2N9O2. The lowest BCUT2D eigenvalue weighted by molar-refractivity contribution is -0.174. The molecule has 2 N–H and O–H groups in total. The van der Waals surface area contributed by atoms with E-state index >= 15 is 0 Å². The quantitative estimate of drug-likeness (QED) is 0.323. The third-order valence-corrected chi connectivity index (χ3v) is 10.2. The molecule has 0 aliphatic heterocycles. The predicted octanol–water partition coefficient (Wildman–Crippen LogP) is 4.68. The van der Waals surface area contributed by atoms with Crippen LogP contribution in [0.4, 0.5) is 8.78 Å². The minimum atomic E-state index is -2.72. The summed E-state index contributed by atoms with van der Waals surface area (Å²) in [6, 6.07) is 3.56. The van der Waals surface area contributed by atoms with Gasteiger partial charge in [0, 0.05) is 25.8 Å². The van der Waals surface area contributed by atoms with Crippen LogP contribution in [0.2, 0.25) is 0 Å². The number of imidazole rings is 1. The summed E-state index contributed by atoms with van der Waals surface area (Å²) in [6.45, 7) is 2.48.